The van der Waals surface area contributed by atoms with Gasteiger partial charge in [0, 0.05) is 36.0 Å². The predicted molar refractivity (Wildman–Crippen MR) is 67.2 cm³/mol. The number of rotatable bonds is 4. The van der Waals surface area contributed by atoms with Crippen molar-refractivity contribution in [1.82, 2.24) is 4.57 Å². The number of halogens is 2. The summed E-state index contributed by atoms with van der Waals surface area (Å²) in [5, 5.41) is 0. The van der Waals surface area contributed by atoms with E-state index >= 15 is 0 Å². The number of benzene rings is 1. The fourth-order valence-corrected chi connectivity index (χ4v) is 1.95. The van der Waals surface area contributed by atoms with Gasteiger partial charge >= 0.3 is 0 Å². The van der Waals surface area contributed by atoms with Crippen LogP contribution < -0.4 is 5.73 Å². The van der Waals surface area contributed by atoms with Crippen LogP contribution in [0.2, 0.25) is 0 Å². The van der Waals surface area contributed by atoms with E-state index < -0.39 is 11.6 Å². The lowest BCUT2D eigenvalue weighted by molar-refractivity contribution is 0.562. The van der Waals surface area contributed by atoms with Gasteiger partial charge in [-0.1, -0.05) is 6.07 Å². The highest BCUT2D eigenvalue weighted by Gasteiger charge is 2.08. The lowest BCUT2D eigenvalue weighted by atomic mass is 10.1. The van der Waals surface area contributed by atoms with Crippen molar-refractivity contribution in [3.05, 3.63) is 59.4 Å². The summed E-state index contributed by atoms with van der Waals surface area (Å²) in [5.74, 6) is -1.07. The van der Waals surface area contributed by atoms with Crippen molar-refractivity contribution in [2.24, 2.45) is 5.73 Å². The summed E-state index contributed by atoms with van der Waals surface area (Å²) in [5.41, 5.74) is 7.28. The minimum Gasteiger partial charge on any atom is -0.347 e. The van der Waals surface area contributed by atoms with Crippen LogP contribution in [-0.2, 0) is 13.0 Å². The molecule has 0 bridgehead atoms. The first kappa shape index (κ1) is 12.8. The Morgan fingerprint density at radius 3 is 2.72 bits per heavy atom. The van der Waals surface area contributed by atoms with Crippen molar-refractivity contribution in [2.75, 3.05) is 0 Å². The molecule has 0 aliphatic rings. The molecular weight excluding hydrogens is 234 g/mol. The zero-order valence-electron chi connectivity index (χ0n) is 10.2. The third-order valence-corrected chi connectivity index (χ3v) is 2.81. The third-order valence-electron chi connectivity index (χ3n) is 2.81. The molecule has 2 N–H and O–H groups in total. The molecule has 1 heterocycles. The van der Waals surface area contributed by atoms with Gasteiger partial charge in [-0.15, -0.1) is 0 Å². The van der Waals surface area contributed by atoms with E-state index in [1.54, 1.807) is 0 Å². The third kappa shape index (κ3) is 2.96. The Bertz CT molecular complexity index is 532. The van der Waals surface area contributed by atoms with Crippen LogP contribution in [0.3, 0.4) is 0 Å². The van der Waals surface area contributed by atoms with E-state index in [0.717, 1.165) is 18.2 Å². The molecule has 0 aliphatic carbocycles. The van der Waals surface area contributed by atoms with Crippen LogP contribution in [0.1, 0.15) is 18.2 Å². The summed E-state index contributed by atoms with van der Waals surface area (Å²) < 4.78 is 28.3. The number of hydrogen-bond donors (Lipinski definition) is 1. The average Bonchev–Trinajstić information content (AvgIpc) is 2.69. The summed E-state index contributed by atoms with van der Waals surface area (Å²) in [6, 6.07) is 7.57. The molecule has 2 rings (SSSR count). The number of aromatic nitrogens is 1. The maximum Gasteiger partial charge on any atom is 0.131 e. The molecule has 0 amide bonds. The smallest absolute Gasteiger partial charge is 0.131 e. The Balaban J connectivity index is 2.21. The van der Waals surface area contributed by atoms with E-state index in [1.807, 2.05) is 29.8 Å². The number of nitrogens with two attached hydrogens (primary N) is 1. The minimum absolute atomic E-state index is 0.0525. The fraction of sp³-hybridized carbons (Fsp3) is 0.286. The molecule has 96 valence electrons. The summed E-state index contributed by atoms with van der Waals surface area (Å²) in [4.78, 5) is 0. The molecule has 0 radical (unpaired) electrons. The molecule has 4 heteroatoms. The molecule has 2 aromatic rings. The van der Waals surface area contributed by atoms with Crippen LogP contribution in [0.25, 0.3) is 0 Å². The van der Waals surface area contributed by atoms with Crippen LogP contribution in [0.15, 0.2) is 36.5 Å². The SMILES string of the molecule is CC(N)Cc1cccn1Cc1ccc(F)cc1F. The monoisotopic (exact) mass is 250 g/mol. The average molecular weight is 250 g/mol. The van der Waals surface area contributed by atoms with E-state index in [4.69, 9.17) is 5.73 Å². The van der Waals surface area contributed by atoms with Crippen molar-refractivity contribution in [1.29, 1.82) is 0 Å². The Morgan fingerprint density at radius 2 is 2.06 bits per heavy atom. The topological polar surface area (TPSA) is 30.9 Å². The van der Waals surface area contributed by atoms with E-state index in [9.17, 15) is 8.78 Å². The van der Waals surface area contributed by atoms with Crippen LogP contribution in [-0.4, -0.2) is 10.6 Å². The second kappa shape index (κ2) is 5.31. The van der Waals surface area contributed by atoms with Gasteiger partial charge in [-0.05, 0) is 25.1 Å². The summed E-state index contributed by atoms with van der Waals surface area (Å²) >= 11 is 0. The molecule has 18 heavy (non-hydrogen) atoms. The van der Waals surface area contributed by atoms with Gasteiger partial charge in [-0.25, -0.2) is 8.78 Å². The van der Waals surface area contributed by atoms with Crippen LogP contribution in [0.4, 0.5) is 8.78 Å². The molecule has 0 saturated heterocycles. The highest BCUT2D eigenvalue weighted by Crippen LogP contribution is 2.14. The van der Waals surface area contributed by atoms with Crippen molar-refractivity contribution in [3.63, 3.8) is 0 Å². The van der Waals surface area contributed by atoms with Crippen molar-refractivity contribution in [2.45, 2.75) is 25.9 Å². The lowest BCUT2D eigenvalue weighted by Crippen LogP contribution is -2.20. The molecule has 1 atom stereocenters. The predicted octanol–water partition coefficient (Wildman–Crippen LogP) is 2.70. The molecule has 0 spiro atoms. The van der Waals surface area contributed by atoms with E-state index in [-0.39, 0.29) is 6.04 Å². The lowest BCUT2D eigenvalue weighted by Gasteiger charge is -2.11. The summed E-state index contributed by atoms with van der Waals surface area (Å²) in [6.07, 6.45) is 2.61. The second-order valence-electron chi connectivity index (χ2n) is 4.54. The maximum atomic E-state index is 13.6. The molecule has 1 aromatic heterocycles. The first-order valence-corrected chi connectivity index (χ1v) is 5.90. The van der Waals surface area contributed by atoms with Crippen molar-refractivity contribution >= 4 is 0 Å². The first-order chi connectivity index (χ1) is 8.56. The molecule has 0 aliphatic heterocycles. The largest absolute Gasteiger partial charge is 0.347 e. The van der Waals surface area contributed by atoms with Gasteiger partial charge in [-0.3, -0.25) is 0 Å². The maximum absolute atomic E-state index is 13.6. The fourth-order valence-electron chi connectivity index (χ4n) is 1.95. The molecule has 2 nitrogen and oxygen atoms in total. The Kier molecular flexibility index (Phi) is 3.77. The van der Waals surface area contributed by atoms with Gasteiger partial charge in [0.05, 0.1) is 6.54 Å². The van der Waals surface area contributed by atoms with Gasteiger partial charge < -0.3 is 10.3 Å². The molecule has 1 aromatic carbocycles. The molecule has 1 unspecified atom stereocenters. The Morgan fingerprint density at radius 1 is 1.28 bits per heavy atom. The molecule has 0 saturated carbocycles. The van der Waals surface area contributed by atoms with Crippen LogP contribution >= 0.6 is 0 Å². The van der Waals surface area contributed by atoms with Gasteiger partial charge in [0.2, 0.25) is 0 Å². The van der Waals surface area contributed by atoms with Gasteiger partial charge in [0.1, 0.15) is 11.6 Å². The molecular formula is C14H16F2N2. The zero-order chi connectivity index (χ0) is 13.1. The number of nitrogens with zero attached hydrogens (tertiary/aromatic N) is 1. The number of hydrogen-bond acceptors (Lipinski definition) is 1. The van der Waals surface area contributed by atoms with Gasteiger partial charge in [-0.2, -0.15) is 0 Å². The standard InChI is InChI=1S/C14H16F2N2/c1-10(17)7-13-3-2-6-18(13)9-11-4-5-12(15)8-14(11)16/h2-6,8,10H,7,9,17H2,1H3. The highest BCUT2D eigenvalue weighted by atomic mass is 19.1. The van der Waals surface area contributed by atoms with E-state index in [2.05, 4.69) is 0 Å². The van der Waals surface area contributed by atoms with Crippen LogP contribution in [0, 0.1) is 11.6 Å². The minimum atomic E-state index is -0.556. The highest BCUT2D eigenvalue weighted by molar-refractivity contribution is 5.20. The van der Waals surface area contributed by atoms with Crippen LogP contribution in [0.5, 0.6) is 0 Å². The Hall–Kier alpha value is -1.68. The van der Waals surface area contributed by atoms with E-state index in [1.165, 1.54) is 12.1 Å². The van der Waals surface area contributed by atoms with Gasteiger partial charge in [0.15, 0.2) is 0 Å². The molecule has 0 fully saturated rings. The first-order valence-electron chi connectivity index (χ1n) is 5.90. The summed E-state index contributed by atoms with van der Waals surface area (Å²) in [6.45, 7) is 2.32. The second-order valence-corrected chi connectivity index (χ2v) is 4.54. The van der Waals surface area contributed by atoms with Crippen molar-refractivity contribution < 1.29 is 8.78 Å². The van der Waals surface area contributed by atoms with Crippen molar-refractivity contribution in [3.8, 4) is 0 Å². The van der Waals surface area contributed by atoms with Gasteiger partial charge in [0.25, 0.3) is 0 Å². The Labute approximate surface area is 105 Å². The van der Waals surface area contributed by atoms with E-state index in [0.29, 0.717) is 12.1 Å². The zero-order valence-corrected chi connectivity index (χ0v) is 10.2. The quantitative estimate of drug-likeness (QED) is 0.888. The normalized spacial score (nSPS) is 12.7. The summed E-state index contributed by atoms with van der Waals surface area (Å²) in [7, 11) is 0.